The second kappa shape index (κ2) is 3.86. The van der Waals surface area contributed by atoms with E-state index in [-0.39, 0.29) is 0 Å². The maximum absolute atomic E-state index is 11.4. The summed E-state index contributed by atoms with van der Waals surface area (Å²) in [6.45, 7) is 0. The number of nitrogens with zero attached hydrogens (tertiary/aromatic N) is 2. The monoisotopic (exact) mass is 221 g/mol. The molecule has 5 heteroatoms. The first kappa shape index (κ1) is 9.92. The molecule has 0 radical (unpaired) electrons. The summed E-state index contributed by atoms with van der Waals surface area (Å²) in [5.74, 6) is 0. The van der Waals surface area contributed by atoms with Gasteiger partial charge < -0.3 is 5.73 Å². The minimum atomic E-state index is -1.08. The summed E-state index contributed by atoms with van der Waals surface area (Å²) < 4.78 is 13.1. The number of nitrogen functional groups attached to an aromatic ring is 1. The Balaban J connectivity index is 2.52. The third kappa shape index (κ3) is 1.92. The van der Waals surface area contributed by atoms with E-state index in [1.807, 2.05) is 18.3 Å². The summed E-state index contributed by atoms with van der Waals surface area (Å²) >= 11 is 0. The Hall–Kier alpha value is -1.62. The zero-order valence-electron chi connectivity index (χ0n) is 8.25. The summed E-state index contributed by atoms with van der Waals surface area (Å²) in [5.41, 5.74) is 7.13. The van der Waals surface area contributed by atoms with E-state index >= 15 is 0 Å². The SMILES string of the molecule is CS(=O)c1cc(-n2cccn2)ccc1N. The highest BCUT2D eigenvalue weighted by atomic mass is 32.2. The number of benzene rings is 1. The van der Waals surface area contributed by atoms with Crippen molar-refractivity contribution in [2.75, 3.05) is 12.0 Å². The molecule has 78 valence electrons. The average molecular weight is 221 g/mol. The Bertz CT molecular complexity index is 493. The molecule has 2 rings (SSSR count). The topological polar surface area (TPSA) is 60.9 Å². The van der Waals surface area contributed by atoms with Crippen LogP contribution in [0.3, 0.4) is 0 Å². The zero-order chi connectivity index (χ0) is 10.8. The summed E-state index contributed by atoms with van der Waals surface area (Å²) in [7, 11) is -1.08. The lowest BCUT2D eigenvalue weighted by atomic mass is 10.3. The predicted molar refractivity (Wildman–Crippen MR) is 60.3 cm³/mol. The molecule has 0 aliphatic heterocycles. The minimum absolute atomic E-state index is 0.548. The first-order valence-corrected chi connectivity index (χ1v) is 5.97. The molecule has 4 nitrogen and oxygen atoms in total. The van der Waals surface area contributed by atoms with Crippen LogP contribution in [0.5, 0.6) is 0 Å². The van der Waals surface area contributed by atoms with Crippen LogP contribution in [0.1, 0.15) is 0 Å². The summed E-state index contributed by atoms with van der Waals surface area (Å²) in [6.07, 6.45) is 5.13. The molecule has 0 amide bonds. The smallest absolute Gasteiger partial charge is 0.0659 e. The molecular weight excluding hydrogens is 210 g/mol. The maximum atomic E-state index is 11.4. The van der Waals surface area contributed by atoms with Crippen LogP contribution in [0, 0.1) is 0 Å². The van der Waals surface area contributed by atoms with Gasteiger partial charge in [-0.3, -0.25) is 4.21 Å². The van der Waals surface area contributed by atoms with Crippen molar-refractivity contribution in [3.8, 4) is 5.69 Å². The van der Waals surface area contributed by atoms with Gasteiger partial charge in [0, 0.05) is 24.3 Å². The number of aromatic nitrogens is 2. The van der Waals surface area contributed by atoms with Gasteiger partial charge in [-0.15, -0.1) is 0 Å². The number of hydrogen-bond donors (Lipinski definition) is 1. The van der Waals surface area contributed by atoms with Crippen molar-refractivity contribution < 1.29 is 4.21 Å². The van der Waals surface area contributed by atoms with Crippen LogP contribution >= 0.6 is 0 Å². The van der Waals surface area contributed by atoms with Gasteiger partial charge in [-0.2, -0.15) is 5.10 Å². The molecule has 0 saturated heterocycles. The van der Waals surface area contributed by atoms with Crippen molar-refractivity contribution in [2.45, 2.75) is 4.90 Å². The Morgan fingerprint density at radius 3 is 2.87 bits per heavy atom. The molecule has 2 N–H and O–H groups in total. The summed E-state index contributed by atoms with van der Waals surface area (Å²) in [4.78, 5) is 0.642. The van der Waals surface area contributed by atoms with Crippen molar-refractivity contribution in [1.29, 1.82) is 0 Å². The van der Waals surface area contributed by atoms with Crippen LogP contribution in [0.25, 0.3) is 5.69 Å². The van der Waals surface area contributed by atoms with Crippen LogP contribution in [0.2, 0.25) is 0 Å². The first-order chi connectivity index (χ1) is 7.18. The third-order valence-corrected chi connectivity index (χ3v) is 3.05. The molecule has 0 aliphatic carbocycles. The van der Waals surface area contributed by atoms with Gasteiger partial charge >= 0.3 is 0 Å². The molecular formula is C10H11N3OS. The second-order valence-electron chi connectivity index (χ2n) is 3.13. The minimum Gasteiger partial charge on any atom is -0.398 e. The van der Waals surface area contributed by atoms with Crippen molar-refractivity contribution in [3.63, 3.8) is 0 Å². The molecule has 1 atom stereocenters. The van der Waals surface area contributed by atoms with Crippen LogP contribution < -0.4 is 5.73 Å². The van der Waals surface area contributed by atoms with E-state index in [0.717, 1.165) is 5.69 Å². The molecule has 0 bridgehead atoms. The van der Waals surface area contributed by atoms with Crippen LogP contribution in [0.15, 0.2) is 41.6 Å². The van der Waals surface area contributed by atoms with Gasteiger partial charge in [-0.1, -0.05) is 0 Å². The highest BCUT2D eigenvalue weighted by molar-refractivity contribution is 7.84. The molecule has 1 unspecified atom stereocenters. The van der Waals surface area contributed by atoms with Gasteiger partial charge in [0.2, 0.25) is 0 Å². The van der Waals surface area contributed by atoms with Crippen molar-refractivity contribution in [2.24, 2.45) is 0 Å². The van der Waals surface area contributed by atoms with Crippen molar-refractivity contribution in [1.82, 2.24) is 9.78 Å². The normalized spacial score (nSPS) is 12.6. The second-order valence-corrected chi connectivity index (χ2v) is 4.47. The summed E-state index contributed by atoms with van der Waals surface area (Å²) in [5, 5.41) is 4.09. The molecule has 15 heavy (non-hydrogen) atoms. The Labute approximate surface area is 90.2 Å². The number of nitrogens with two attached hydrogens (primary N) is 1. The van der Waals surface area contributed by atoms with Gasteiger partial charge in [0.05, 0.1) is 21.4 Å². The van der Waals surface area contributed by atoms with E-state index in [9.17, 15) is 4.21 Å². The van der Waals surface area contributed by atoms with Gasteiger partial charge in [0.1, 0.15) is 0 Å². The number of hydrogen-bond acceptors (Lipinski definition) is 3. The van der Waals surface area contributed by atoms with Crippen LogP contribution in [0.4, 0.5) is 5.69 Å². The quantitative estimate of drug-likeness (QED) is 0.775. The predicted octanol–water partition coefficient (Wildman–Crippen LogP) is 1.19. The maximum Gasteiger partial charge on any atom is 0.0659 e. The average Bonchev–Trinajstić information content (AvgIpc) is 2.71. The van der Waals surface area contributed by atoms with Gasteiger partial charge in [0.15, 0.2) is 0 Å². The van der Waals surface area contributed by atoms with Crippen LogP contribution in [-0.4, -0.2) is 20.2 Å². The van der Waals surface area contributed by atoms with Crippen LogP contribution in [-0.2, 0) is 10.8 Å². The van der Waals surface area contributed by atoms with Crippen molar-refractivity contribution in [3.05, 3.63) is 36.7 Å². The number of rotatable bonds is 2. The van der Waals surface area contributed by atoms with Gasteiger partial charge in [0.25, 0.3) is 0 Å². The lowest BCUT2D eigenvalue weighted by Gasteiger charge is -2.06. The fourth-order valence-corrected chi connectivity index (χ4v) is 2.02. The lowest BCUT2D eigenvalue weighted by molar-refractivity contribution is 0.687. The van der Waals surface area contributed by atoms with E-state index < -0.39 is 10.8 Å². The fourth-order valence-electron chi connectivity index (χ4n) is 1.34. The molecule has 0 fully saturated rings. The highest BCUT2D eigenvalue weighted by Gasteiger charge is 2.05. The molecule has 0 saturated carbocycles. The molecule has 0 aliphatic rings. The Kier molecular flexibility index (Phi) is 2.55. The third-order valence-electron chi connectivity index (χ3n) is 2.08. The first-order valence-electron chi connectivity index (χ1n) is 4.41. The lowest BCUT2D eigenvalue weighted by Crippen LogP contribution is -2.00. The number of anilines is 1. The zero-order valence-corrected chi connectivity index (χ0v) is 9.07. The van der Waals surface area contributed by atoms with E-state index in [1.54, 1.807) is 29.3 Å². The standard InChI is InChI=1S/C10H11N3OS/c1-15(14)10-7-8(3-4-9(10)11)13-6-2-5-12-13/h2-7H,11H2,1H3. The molecule has 1 aromatic carbocycles. The largest absolute Gasteiger partial charge is 0.398 e. The van der Waals surface area contributed by atoms with Gasteiger partial charge in [-0.05, 0) is 24.3 Å². The van der Waals surface area contributed by atoms with E-state index in [2.05, 4.69) is 5.10 Å². The molecule has 0 spiro atoms. The highest BCUT2D eigenvalue weighted by Crippen LogP contribution is 2.19. The molecule has 2 aromatic rings. The Morgan fingerprint density at radius 2 is 2.27 bits per heavy atom. The molecule has 1 heterocycles. The van der Waals surface area contributed by atoms with Gasteiger partial charge in [-0.25, -0.2) is 4.68 Å². The Morgan fingerprint density at radius 1 is 1.47 bits per heavy atom. The van der Waals surface area contributed by atoms with E-state index in [1.165, 1.54) is 0 Å². The fraction of sp³-hybridized carbons (Fsp3) is 0.100. The molecule has 1 aromatic heterocycles. The van der Waals surface area contributed by atoms with E-state index in [0.29, 0.717) is 10.6 Å². The van der Waals surface area contributed by atoms with E-state index in [4.69, 9.17) is 5.73 Å². The van der Waals surface area contributed by atoms with Crippen molar-refractivity contribution >= 4 is 16.5 Å². The summed E-state index contributed by atoms with van der Waals surface area (Å²) in [6, 6.07) is 7.21.